The van der Waals surface area contributed by atoms with Crippen LogP contribution in [0.15, 0.2) is 12.1 Å². The first kappa shape index (κ1) is 14.4. The topological polar surface area (TPSA) is 69.6 Å². The molecule has 1 saturated heterocycles. The van der Waals surface area contributed by atoms with Crippen LogP contribution in [0, 0.1) is 13.8 Å². The standard InChI is InChI=1S/C15H20N2O3/c1-10-6-7-12(11(2)15(10)20)16-13(18)9-17-8-4-3-5-14(17)19/h6-7,20H,3-5,8-9H2,1-2H3,(H,16,18). The maximum Gasteiger partial charge on any atom is 0.244 e. The zero-order valence-electron chi connectivity index (χ0n) is 11.9. The van der Waals surface area contributed by atoms with E-state index in [1.165, 1.54) is 0 Å². The van der Waals surface area contributed by atoms with E-state index in [-0.39, 0.29) is 24.1 Å². The van der Waals surface area contributed by atoms with Crippen LogP contribution in [0.4, 0.5) is 5.69 Å². The van der Waals surface area contributed by atoms with Crippen molar-refractivity contribution < 1.29 is 14.7 Å². The summed E-state index contributed by atoms with van der Waals surface area (Å²) < 4.78 is 0. The van der Waals surface area contributed by atoms with Crippen LogP contribution in [0.2, 0.25) is 0 Å². The summed E-state index contributed by atoms with van der Waals surface area (Å²) in [5, 5.41) is 12.6. The van der Waals surface area contributed by atoms with Gasteiger partial charge in [0.25, 0.3) is 0 Å². The van der Waals surface area contributed by atoms with Crippen LogP contribution in [0.25, 0.3) is 0 Å². The maximum atomic E-state index is 12.0. The first-order chi connectivity index (χ1) is 9.49. The van der Waals surface area contributed by atoms with Crippen molar-refractivity contribution in [2.75, 3.05) is 18.4 Å². The first-order valence-electron chi connectivity index (χ1n) is 6.86. The normalized spacial score (nSPS) is 15.3. The average Bonchev–Trinajstić information content (AvgIpc) is 2.42. The molecule has 0 saturated carbocycles. The Morgan fingerprint density at radius 1 is 1.35 bits per heavy atom. The molecule has 0 radical (unpaired) electrons. The summed E-state index contributed by atoms with van der Waals surface area (Å²) in [4.78, 5) is 25.2. The number of aromatic hydroxyl groups is 1. The van der Waals surface area contributed by atoms with E-state index in [0.717, 1.165) is 18.4 Å². The number of phenols is 1. The number of hydrogen-bond donors (Lipinski definition) is 2. The van der Waals surface area contributed by atoms with Gasteiger partial charge in [0, 0.05) is 24.2 Å². The molecule has 1 aromatic carbocycles. The maximum absolute atomic E-state index is 12.0. The van der Waals surface area contributed by atoms with Crippen molar-refractivity contribution >= 4 is 17.5 Å². The Kier molecular flexibility index (Phi) is 4.27. The fraction of sp³-hybridized carbons (Fsp3) is 0.467. The number of anilines is 1. The molecular weight excluding hydrogens is 256 g/mol. The molecule has 0 bridgehead atoms. The molecule has 0 unspecified atom stereocenters. The minimum absolute atomic E-state index is 0.0369. The molecule has 0 aliphatic carbocycles. The summed E-state index contributed by atoms with van der Waals surface area (Å²) in [5.41, 5.74) is 2.00. The molecule has 2 N–H and O–H groups in total. The predicted octanol–water partition coefficient (Wildman–Crippen LogP) is 1.96. The van der Waals surface area contributed by atoms with E-state index in [9.17, 15) is 14.7 Å². The van der Waals surface area contributed by atoms with Gasteiger partial charge in [0.1, 0.15) is 5.75 Å². The van der Waals surface area contributed by atoms with Crippen LogP contribution in [0.3, 0.4) is 0 Å². The zero-order valence-corrected chi connectivity index (χ0v) is 11.9. The smallest absolute Gasteiger partial charge is 0.244 e. The Hall–Kier alpha value is -2.04. The second-order valence-corrected chi connectivity index (χ2v) is 5.22. The molecule has 20 heavy (non-hydrogen) atoms. The van der Waals surface area contributed by atoms with Gasteiger partial charge >= 0.3 is 0 Å². The molecule has 108 valence electrons. The summed E-state index contributed by atoms with van der Waals surface area (Å²) >= 11 is 0. The van der Waals surface area contributed by atoms with Crippen molar-refractivity contribution in [3.05, 3.63) is 23.3 Å². The summed E-state index contributed by atoms with van der Waals surface area (Å²) in [6.45, 7) is 4.28. The Balaban J connectivity index is 2.01. The van der Waals surface area contributed by atoms with Crippen molar-refractivity contribution in [3.63, 3.8) is 0 Å². The number of nitrogens with zero attached hydrogens (tertiary/aromatic N) is 1. The van der Waals surface area contributed by atoms with Crippen molar-refractivity contribution in [2.45, 2.75) is 33.1 Å². The number of rotatable bonds is 3. The first-order valence-corrected chi connectivity index (χ1v) is 6.86. The number of carbonyl (C=O) groups is 2. The van der Waals surface area contributed by atoms with Gasteiger partial charge in [-0.3, -0.25) is 9.59 Å². The molecule has 5 heteroatoms. The summed E-state index contributed by atoms with van der Waals surface area (Å²) in [6, 6.07) is 3.52. The molecule has 5 nitrogen and oxygen atoms in total. The number of benzene rings is 1. The molecule has 1 aliphatic rings. The Morgan fingerprint density at radius 2 is 2.10 bits per heavy atom. The van der Waals surface area contributed by atoms with Crippen molar-refractivity contribution in [3.8, 4) is 5.75 Å². The molecule has 0 spiro atoms. The molecule has 2 rings (SSSR count). The summed E-state index contributed by atoms with van der Waals surface area (Å²) in [7, 11) is 0. The van der Waals surface area contributed by atoms with Gasteiger partial charge in [0.15, 0.2) is 0 Å². The highest BCUT2D eigenvalue weighted by Gasteiger charge is 2.20. The van der Waals surface area contributed by atoms with Crippen molar-refractivity contribution in [1.29, 1.82) is 0 Å². The molecule has 0 atom stereocenters. The molecule has 2 amide bonds. The highest BCUT2D eigenvalue weighted by molar-refractivity contribution is 5.95. The lowest BCUT2D eigenvalue weighted by atomic mass is 10.1. The zero-order chi connectivity index (χ0) is 14.7. The van der Waals surface area contributed by atoms with E-state index in [1.807, 2.05) is 0 Å². The number of amides is 2. The van der Waals surface area contributed by atoms with Crippen LogP contribution in [0.5, 0.6) is 5.75 Å². The van der Waals surface area contributed by atoms with Crippen molar-refractivity contribution in [1.82, 2.24) is 4.90 Å². The van der Waals surface area contributed by atoms with Crippen LogP contribution >= 0.6 is 0 Å². The third-order valence-electron chi connectivity index (χ3n) is 3.66. The second-order valence-electron chi connectivity index (χ2n) is 5.22. The SMILES string of the molecule is Cc1ccc(NC(=O)CN2CCCCC2=O)c(C)c1O. The Labute approximate surface area is 118 Å². The lowest BCUT2D eigenvalue weighted by Gasteiger charge is -2.26. The lowest BCUT2D eigenvalue weighted by Crippen LogP contribution is -2.40. The van der Waals surface area contributed by atoms with Gasteiger partial charge in [0.2, 0.25) is 11.8 Å². The highest BCUT2D eigenvalue weighted by atomic mass is 16.3. The van der Waals surface area contributed by atoms with Gasteiger partial charge in [0.05, 0.1) is 6.54 Å². The van der Waals surface area contributed by atoms with E-state index in [0.29, 0.717) is 24.2 Å². The van der Waals surface area contributed by atoms with Crippen molar-refractivity contribution in [2.24, 2.45) is 0 Å². The Bertz CT molecular complexity index is 540. The molecule has 1 aliphatic heterocycles. The van der Waals surface area contributed by atoms with Gasteiger partial charge in [-0.15, -0.1) is 0 Å². The Morgan fingerprint density at radius 3 is 2.80 bits per heavy atom. The second kappa shape index (κ2) is 5.94. The fourth-order valence-corrected chi connectivity index (χ4v) is 2.36. The molecule has 0 aromatic heterocycles. The van der Waals surface area contributed by atoms with Crippen LogP contribution in [-0.2, 0) is 9.59 Å². The number of nitrogens with one attached hydrogen (secondary N) is 1. The van der Waals surface area contributed by atoms with Gasteiger partial charge in [-0.25, -0.2) is 0 Å². The molecule has 1 aromatic rings. The number of hydrogen-bond acceptors (Lipinski definition) is 3. The third-order valence-corrected chi connectivity index (χ3v) is 3.66. The number of aryl methyl sites for hydroxylation is 1. The minimum Gasteiger partial charge on any atom is -0.507 e. The quantitative estimate of drug-likeness (QED) is 0.886. The van der Waals surface area contributed by atoms with E-state index < -0.39 is 0 Å². The van der Waals surface area contributed by atoms with E-state index in [1.54, 1.807) is 30.9 Å². The van der Waals surface area contributed by atoms with E-state index in [2.05, 4.69) is 5.32 Å². The molecule has 1 heterocycles. The fourth-order valence-electron chi connectivity index (χ4n) is 2.36. The summed E-state index contributed by atoms with van der Waals surface area (Å²) in [5.74, 6) is -0.00155. The monoisotopic (exact) mass is 276 g/mol. The molecular formula is C15H20N2O3. The summed E-state index contributed by atoms with van der Waals surface area (Å²) in [6.07, 6.45) is 2.38. The molecule has 1 fully saturated rings. The van der Waals surface area contributed by atoms with E-state index >= 15 is 0 Å². The van der Waals surface area contributed by atoms with E-state index in [4.69, 9.17) is 0 Å². The number of phenolic OH excluding ortho intramolecular Hbond substituents is 1. The third kappa shape index (κ3) is 3.10. The highest BCUT2D eigenvalue weighted by Crippen LogP contribution is 2.28. The van der Waals surface area contributed by atoms with Crippen LogP contribution < -0.4 is 5.32 Å². The van der Waals surface area contributed by atoms with Gasteiger partial charge in [-0.1, -0.05) is 6.07 Å². The average molecular weight is 276 g/mol. The number of likely N-dealkylation sites (tertiary alicyclic amines) is 1. The number of carbonyl (C=O) groups excluding carboxylic acids is 2. The van der Waals surface area contributed by atoms with Crippen LogP contribution in [0.1, 0.15) is 30.4 Å². The van der Waals surface area contributed by atoms with Gasteiger partial charge in [-0.05, 0) is 38.3 Å². The minimum atomic E-state index is -0.230. The predicted molar refractivity (Wildman–Crippen MR) is 76.6 cm³/mol. The largest absolute Gasteiger partial charge is 0.507 e. The van der Waals surface area contributed by atoms with Gasteiger partial charge < -0.3 is 15.3 Å². The van der Waals surface area contributed by atoms with Gasteiger partial charge in [-0.2, -0.15) is 0 Å². The number of piperidine rings is 1. The van der Waals surface area contributed by atoms with Crippen LogP contribution in [-0.4, -0.2) is 34.9 Å². The lowest BCUT2D eigenvalue weighted by molar-refractivity contribution is -0.136.